The molecule has 0 saturated carbocycles. The predicted molar refractivity (Wildman–Crippen MR) is 68.7 cm³/mol. The van der Waals surface area contributed by atoms with Crippen LogP contribution in [-0.2, 0) is 11.1 Å². The summed E-state index contributed by atoms with van der Waals surface area (Å²) in [5.74, 6) is 0. The van der Waals surface area contributed by atoms with Gasteiger partial charge in [-0.3, -0.25) is 15.4 Å². The normalized spacial score (nSPS) is 9.89. The van der Waals surface area contributed by atoms with Gasteiger partial charge in [-0.1, -0.05) is 0 Å². The third-order valence-corrected chi connectivity index (χ3v) is 2.46. The monoisotopic (exact) mass is 313 g/mol. The van der Waals surface area contributed by atoms with Gasteiger partial charge in [0.2, 0.25) is 0 Å². The Morgan fingerprint density at radius 2 is 2.39 bits per heavy atom. The molecule has 0 aromatic carbocycles. The first-order valence-corrected chi connectivity index (χ1v) is 5.76. The van der Waals surface area contributed by atoms with Crippen LogP contribution in [0.1, 0.15) is 12.6 Å². The molecule has 1 rings (SSSR count). The zero-order valence-corrected chi connectivity index (χ0v) is 11.1. The molecule has 1 heterocycles. The van der Waals surface area contributed by atoms with E-state index in [1.54, 1.807) is 6.92 Å². The van der Waals surface area contributed by atoms with Crippen LogP contribution in [0.3, 0.4) is 0 Å². The van der Waals surface area contributed by atoms with Crippen LogP contribution in [0.15, 0.2) is 10.7 Å². The predicted octanol–water partition coefficient (Wildman–Crippen LogP) is 1.99. The van der Waals surface area contributed by atoms with E-state index in [0.717, 1.165) is 0 Å². The number of anilines is 1. The Morgan fingerprint density at radius 1 is 1.72 bits per heavy atom. The number of carbonyl (C=O) groups is 1. The van der Waals surface area contributed by atoms with Crippen LogP contribution >= 0.6 is 15.9 Å². The van der Waals surface area contributed by atoms with Crippen molar-refractivity contribution < 1.29 is 14.5 Å². The highest BCUT2D eigenvalue weighted by Crippen LogP contribution is 2.32. The molecule has 7 nitrogen and oxygen atoms in total. The fourth-order valence-corrected chi connectivity index (χ4v) is 1.79. The summed E-state index contributed by atoms with van der Waals surface area (Å²) < 4.78 is 4.66. The minimum absolute atomic E-state index is 0.00208. The summed E-state index contributed by atoms with van der Waals surface area (Å²) in [6.07, 6.45) is -0.685. The van der Waals surface area contributed by atoms with Gasteiger partial charge in [-0.2, -0.15) is 0 Å². The Balaban J connectivity index is 3.17. The van der Waals surface area contributed by atoms with E-state index in [1.807, 2.05) is 0 Å². The summed E-state index contributed by atoms with van der Waals surface area (Å²) in [5.41, 5.74) is 0.0419. The molecule has 0 atom stereocenters. The SMILES string of the molecule is [B]Cc1cc(NC(=O)OCC)c([N+](=O)[O-])c(Br)n1. The van der Waals surface area contributed by atoms with Crippen molar-refractivity contribution in [1.29, 1.82) is 0 Å². The molecule has 1 aromatic heterocycles. The minimum Gasteiger partial charge on any atom is -0.450 e. The molecule has 1 N–H and O–H groups in total. The van der Waals surface area contributed by atoms with Crippen molar-refractivity contribution >= 4 is 41.2 Å². The maximum Gasteiger partial charge on any atom is 0.411 e. The summed E-state index contributed by atoms with van der Waals surface area (Å²) in [5, 5.41) is 13.2. The summed E-state index contributed by atoms with van der Waals surface area (Å²) in [4.78, 5) is 25.4. The van der Waals surface area contributed by atoms with Crippen LogP contribution in [0.5, 0.6) is 0 Å². The minimum atomic E-state index is -0.776. The van der Waals surface area contributed by atoms with Crippen LogP contribution < -0.4 is 5.32 Å². The number of hydrogen-bond acceptors (Lipinski definition) is 5. The number of rotatable bonds is 4. The Morgan fingerprint density at radius 3 is 2.89 bits per heavy atom. The molecular formula is C9H9BBrN3O4. The molecule has 1 amide bonds. The highest BCUT2D eigenvalue weighted by Gasteiger charge is 2.22. The van der Waals surface area contributed by atoms with E-state index >= 15 is 0 Å². The van der Waals surface area contributed by atoms with E-state index < -0.39 is 11.0 Å². The smallest absolute Gasteiger partial charge is 0.411 e. The number of hydrogen-bond donors (Lipinski definition) is 1. The van der Waals surface area contributed by atoms with Crippen molar-refractivity contribution in [3.05, 3.63) is 26.5 Å². The molecule has 1 aromatic rings. The van der Waals surface area contributed by atoms with Gasteiger partial charge in [-0.15, -0.1) is 0 Å². The lowest BCUT2D eigenvalue weighted by atomic mass is 10.0. The Bertz CT molecular complexity index is 483. The first-order valence-electron chi connectivity index (χ1n) is 4.97. The number of nitrogens with zero attached hydrogens (tertiary/aromatic N) is 2. The van der Waals surface area contributed by atoms with E-state index in [2.05, 4.69) is 31.0 Å². The standard InChI is InChI=1S/C9H9BBrN3O4/c1-2-18-9(15)13-6-3-5(4-10)12-8(11)7(6)14(16)17/h3H,2,4H2,1H3,(H,12,13,15). The number of carbonyl (C=O) groups excluding carboxylic acids is 1. The number of aromatic nitrogens is 1. The molecule has 0 fully saturated rings. The highest BCUT2D eigenvalue weighted by atomic mass is 79.9. The molecule has 18 heavy (non-hydrogen) atoms. The molecule has 0 unspecified atom stereocenters. The second-order valence-corrected chi connectivity index (χ2v) is 3.86. The van der Waals surface area contributed by atoms with Crippen LogP contribution in [0.25, 0.3) is 0 Å². The molecular weight excluding hydrogens is 305 g/mol. The van der Waals surface area contributed by atoms with Gasteiger partial charge in [0, 0.05) is 5.69 Å². The zero-order valence-electron chi connectivity index (χ0n) is 9.47. The quantitative estimate of drug-likeness (QED) is 0.397. The Kier molecular flexibility index (Phi) is 5.08. The lowest BCUT2D eigenvalue weighted by molar-refractivity contribution is -0.385. The maximum absolute atomic E-state index is 11.3. The molecule has 0 aliphatic carbocycles. The van der Waals surface area contributed by atoms with Gasteiger partial charge in [0.05, 0.1) is 19.4 Å². The number of halogens is 1. The van der Waals surface area contributed by atoms with Crippen LogP contribution in [0, 0.1) is 10.1 Å². The van der Waals surface area contributed by atoms with Gasteiger partial charge < -0.3 is 4.74 Å². The van der Waals surface area contributed by atoms with Crippen LogP contribution in [-0.4, -0.2) is 30.5 Å². The van der Waals surface area contributed by atoms with Gasteiger partial charge in [0.25, 0.3) is 0 Å². The van der Waals surface area contributed by atoms with Gasteiger partial charge in [0.1, 0.15) is 5.69 Å². The molecule has 2 radical (unpaired) electrons. The van der Waals surface area contributed by atoms with Crippen molar-refractivity contribution in [2.75, 3.05) is 11.9 Å². The fraction of sp³-hybridized carbons (Fsp3) is 0.333. The number of nitro groups is 1. The Hall–Kier alpha value is -1.64. The second-order valence-electron chi connectivity index (χ2n) is 3.11. The summed E-state index contributed by atoms with van der Waals surface area (Å²) in [6, 6.07) is 1.33. The zero-order chi connectivity index (χ0) is 13.7. The van der Waals surface area contributed by atoms with E-state index in [1.165, 1.54) is 6.07 Å². The van der Waals surface area contributed by atoms with Crippen LogP contribution in [0.2, 0.25) is 0 Å². The lowest BCUT2D eigenvalue weighted by Gasteiger charge is -2.08. The molecule has 0 bridgehead atoms. The van der Waals surface area contributed by atoms with E-state index in [0.29, 0.717) is 5.69 Å². The van der Waals surface area contributed by atoms with Crippen molar-refractivity contribution in [1.82, 2.24) is 4.98 Å². The number of pyridine rings is 1. The number of ether oxygens (including phenoxy) is 1. The lowest BCUT2D eigenvalue weighted by Crippen LogP contribution is -2.15. The van der Waals surface area contributed by atoms with Crippen molar-refractivity contribution in [2.45, 2.75) is 13.2 Å². The number of nitrogens with one attached hydrogen (secondary N) is 1. The average Bonchev–Trinajstić information content (AvgIpc) is 2.27. The fourth-order valence-electron chi connectivity index (χ4n) is 1.21. The molecule has 0 aliphatic rings. The van der Waals surface area contributed by atoms with Crippen LogP contribution in [0.4, 0.5) is 16.2 Å². The topological polar surface area (TPSA) is 94.4 Å². The van der Waals surface area contributed by atoms with Crippen molar-refractivity contribution in [3.8, 4) is 0 Å². The van der Waals surface area contributed by atoms with Gasteiger partial charge in [-0.05, 0) is 35.2 Å². The van der Waals surface area contributed by atoms with Gasteiger partial charge in [-0.25, -0.2) is 9.78 Å². The third kappa shape index (κ3) is 3.43. The molecule has 0 spiro atoms. The highest BCUT2D eigenvalue weighted by molar-refractivity contribution is 9.10. The van der Waals surface area contributed by atoms with Crippen molar-refractivity contribution in [3.63, 3.8) is 0 Å². The molecule has 9 heteroatoms. The average molecular weight is 314 g/mol. The molecule has 94 valence electrons. The van der Waals surface area contributed by atoms with Gasteiger partial charge >= 0.3 is 11.8 Å². The first-order chi connectivity index (χ1) is 8.49. The maximum atomic E-state index is 11.3. The summed E-state index contributed by atoms with van der Waals surface area (Å²) >= 11 is 2.97. The largest absolute Gasteiger partial charge is 0.450 e. The van der Waals surface area contributed by atoms with E-state index in [-0.39, 0.29) is 28.9 Å². The molecule has 0 aliphatic heterocycles. The first kappa shape index (κ1) is 14.4. The number of amides is 1. The van der Waals surface area contributed by atoms with E-state index in [9.17, 15) is 14.9 Å². The van der Waals surface area contributed by atoms with Crippen molar-refractivity contribution in [2.24, 2.45) is 0 Å². The van der Waals surface area contributed by atoms with E-state index in [4.69, 9.17) is 7.85 Å². The Labute approximate surface area is 113 Å². The summed E-state index contributed by atoms with van der Waals surface area (Å²) in [6.45, 7) is 1.79. The third-order valence-electron chi connectivity index (χ3n) is 1.91. The molecule has 0 saturated heterocycles. The summed E-state index contributed by atoms with van der Waals surface area (Å²) in [7, 11) is 5.41. The second kappa shape index (κ2) is 6.34. The van der Waals surface area contributed by atoms with Gasteiger partial charge in [0.15, 0.2) is 4.60 Å².